The summed E-state index contributed by atoms with van der Waals surface area (Å²) in [5.74, 6) is -0.0936. The van der Waals surface area contributed by atoms with Gasteiger partial charge in [0.2, 0.25) is 0 Å². The number of pyridine rings is 1. The predicted molar refractivity (Wildman–Crippen MR) is 146 cm³/mol. The van der Waals surface area contributed by atoms with Crippen LogP contribution in [-0.2, 0) is 13.1 Å². The molecule has 0 saturated heterocycles. The molecule has 17 heteroatoms. The van der Waals surface area contributed by atoms with Crippen molar-refractivity contribution in [1.29, 1.82) is 0 Å². The Kier molecular flexibility index (Phi) is 8.17. The number of amides is 1. The van der Waals surface area contributed by atoms with Gasteiger partial charge in [0.15, 0.2) is 0 Å². The molecule has 1 aromatic carbocycles. The Bertz CT molecular complexity index is 1730. The van der Waals surface area contributed by atoms with Crippen molar-refractivity contribution in [2.75, 3.05) is 12.4 Å². The van der Waals surface area contributed by atoms with Crippen molar-refractivity contribution < 1.29 is 41.0 Å². The number of aromatic nitrogens is 6. The van der Waals surface area contributed by atoms with Crippen LogP contribution >= 0.6 is 11.3 Å². The number of aliphatic hydroxyl groups is 1. The van der Waals surface area contributed by atoms with Gasteiger partial charge in [0, 0.05) is 29.5 Å². The minimum Gasteiger partial charge on any atom is -0.497 e. The highest BCUT2D eigenvalue weighted by atomic mass is 32.1. The second-order valence-electron chi connectivity index (χ2n) is 9.43. The van der Waals surface area contributed by atoms with Crippen LogP contribution in [0.15, 0.2) is 72.6 Å². The van der Waals surface area contributed by atoms with E-state index < -0.39 is 30.4 Å². The molecule has 0 aliphatic carbocycles. The van der Waals surface area contributed by atoms with Gasteiger partial charge in [-0.2, -0.15) is 36.5 Å². The molecule has 0 radical (unpaired) electrons. The molecule has 0 atom stereocenters. The van der Waals surface area contributed by atoms with Crippen molar-refractivity contribution in [3.05, 3.63) is 83.9 Å². The van der Waals surface area contributed by atoms with Crippen LogP contribution in [-0.4, -0.2) is 65.6 Å². The topological polar surface area (TPSA) is 120 Å². The number of rotatable bonds is 9. The summed E-state index contributed by atoms with van der Waals surface area (Å²) in [6, 6.07) is 11.9. The highest BCUT2D eigenvalue weighted by Gasteiger charge is 2.70. The maximum atomic E-state index is 13.3. The number of carbonyl (C=O) groups excluding carboxylic acids is 1. The van der Waals surface area contributed by atoms with Crippen LogP contribution in [0.2, 0.25) is 0 Å². The summed E-state index contributed by atoms with van der Waals surface area (Å²) in [7, 11) is 1.57. The number of halogens is 6. The lowest BCUT2D eigenvalue weighted by atomic mass is 10.0. The van der Waals surface area contributed by atoms with E-state index in [0.717, 1.165) is 23.1 Å². The molecule has 10 nitrogen and oxygen atoms in total. The van der Waals surface area contributed by atoms with Gasteiger partial charge in [0.05, 0.1) is 37.8 Å². The summed E-state index contributed by atoms with van der Waals surface area (Å²) >= 11 is 1.13. The molecule has 0 unspecified atom stereocenters. The number of ether oxygens (including phenoxy) is 1. The number of hydrogen-bond acceptors (Lipinski definition) is 8. The number of hydrogen-bond donors (Lipinski definition) is 2. The van der Waals surface area contributed by atoms with E-state index in [-0.39, 0.29) is 27.5 Å². The van der Waals surface area contributed by atoms with Gasteiger partial charge in [-0.3, -0.25) is 19.1 Å². The zero-order chi connectivity index (χ0) is 31.7. The Balaban J connectivity index is 1.37. The van der Waals surface area contributed by atoms with Gasteiger partial charge in [-0.1, -0.05) is 18.2 Å². The number of thiazole rings is 1. The van der Waals surface area contributed by atoms with Crippen LogP contribution in [0.1, 0.15) is 16.1 Å². The second kappa shape index (κ2) is 11.7. The van der Waals surface area contributed by atoms with Crippen molar-refractivity contribution in [3.8, 4) is 27.7 Å². The van der Waals surface area contributed by atoms with Crippen LogP contribution < -0.4 is 10.1 Å². The quantitative estimate of drug-likeness (QED) is 0.207. The van der Waals surface area contributed by atoms with Gasteiger partial charge < -0.3 is 15.2 Å². The largest absolute Gasteiger partial charge is 0.497 e. The smallest absolute Gasteiger partial charge is 0.428 e. The molecule has 2 N–H and O–H groups in total. The highest BCUT2D eigenvalue weighted by Crippen LogP contribution is 2.44. The summed E-state index contributed by atoms with van der Waals surface area (Å²) in [6.45, 7) is -1.56. The predicted octanol–water partition coefficient (Wildman–Crippen LogP) is 5.43. The van der Waals surface area contributed by atoms with Gasteiger partial charge in [-0.25, -0.2) is 4.98 Å². The monoisotopic (exact) mass is 637 g/mol. The lowest BCUT2D eigenvalue weighted by Gasteiger charge is -2.31. The van der Waals surface area contributed by atoms with E-state index >= 15 is 0 Å². The zero-order valence-corrected chi connectivity index (χ0v) is 23.3. The molecule has 44 heavy (non-hydrogen) atoms. The van der Waals surface area contributed by atoms with Crippen molar-refractivity contribution in [1.82, 2.24) is 29.5 Å². The van der Waals surface area contributed by atoms with Gasteiger partial charge in [-0.15, -0.1) is 11.3 Å². The lowest BCUT2D eigenvalue weighted by Crippen LogP contribution is -2.59. The summed E-state index contributed by atoms with van der Waals surface area (Å²) in [5, 5.41) is 22.1. The molecule has 0 aliphatic heterocycles. The van der Waals surface area contributed by atoms with E-state index in [1.165, 1.54) is 29.8 Å². The normalized spacial score (nSPS) is 12.4. The molecule has 0 aliphatic rings. The standard InChI is InChI=1S/C27H21F6N7O3S/c1-43-18-7-5-16(6-8-18)11-39-12-17(10-35-39)24-37-21(14-44-24)23(41)36-20-13-40(38-22(20)19-4-2-3-9-34-19)15-25(42,26(28,29)30)27(31,32)33/h2-10,12-14,42H,11,15H2,1H3,(H,36,41). The molecule has 5 aromatic rings. The maximum absolute atomic E-state index is 13.3. The summed E-state index contributed by atoms with van der Waals surface area (Å²) in [6.07, 6.45) is -6.76. The van der Waals surface area contributed by atoms with Crippen LogP contribution in [0.4, 0.5) is 32.0 Å². The number of anilines is 1. The number of carbonyl (C=O) groups is 1. The van der Waals surface area contributed by atoms with Crippen molar-refractivity contribution in [2.45, 2.75) is 31.0 Å². The molecule has 0 saturated carbocycles. The van der Waals surface area contributed by atoms with Crippen LogP contribution in [0.25, 0.3) is 22.0 Å². The minimum absolute atomic E-state index is 0.0485. The molecular weight excluding hydrogens is 616 g/mol. The van der Waals surface area contributed by atoms with Gasteiger partial charge in [0.25, 0.3) is 11.5 Å². The van der Waals surface area contributed by atoms with Crippen molar-refractivity contribution in [2.24, 2.45) is 0 Å². The number of methoxy groups -OCH3 is 1. The first-order chi connectivity index (χ1) is 20.8. The van der Waals surface area contributed by atoms with Crippen LogP contribution in [0.3, 0.4) is 0 Å². The first-order valence-corrected chi connectivity index (χ1v) is 13.4. The molecule has 4 aromatic heterocycles. The first-order valence-electron chi connectivity index (χ1n) is 12.5. The fourth-order valence-corrected chi connectivity index (χ4v) is 4.81. The van der Waals surface area contributed by atoms with E-state index in [2.05, 4.69) is 25.5 Å². The van der Waals surface area contributed by atoms with E-state index in [1.807, 2.05) is 24.3 Å². The molecule has 230 valence electrons. The average molecular weight is 638 g/mol. The fourth-order valence-electron chi connectivity index (χ4n) is 4.04. The molecule has 0 spiro atoms. The third-order valence-corrected chi connectivity index (χ3v) is 7.26. The third-order valence-electron chi connectivity index (χ3n) is 6.37. The molecule has 0 fully saturated rings. The first kappa shape index (κ1) is 30.7. The molecule has 5 rings (SSSR count). The Morgan fingerprint density at radius 2 is 1.75 bits per heavy atom. The van der Waals surface area contributed by atoms with E-state index in [4.69, 9.17) is 4.74 Å². The third kappa shape index (κ3) is 6.28. The van der Waals surface area contributed by atoms with Gasteiger partial charge in [-0.05, 0) is 29.8 Å². The summed E-state index contributed by atoms with van der Waals surface area (Å²) < 4.78 is 87.0. The molecule has 1 amide bonds. The second-order valence-corrected chi connectivity index (χ2v) is 10.3. The number of benzene rings is 1. The van der Waals surface area contributed by atoms with E-state index in [9.17, 15) is 36.2 Å². The van der Waals surface area contributed by atoms with Crippen molar-refractivity contribution in [3.63, 3.8) is 0 Å². The van der Waals surface area contributed by atoms with E-state index in [1.54, 1.807) is 24.2 Å². The average Bonchev–Trinajstić information content (AvgIpc) is 3.73. The zero-order valence-electron chi connectivity index (χ0n) is 22.5. The van der Waals surface area contributed by atoms with Gasteiger partial charge in [0.1, 0.15) is 22.1 Å². The Morgan fingerprint density at radius 1 is 1.02 bits per heavy atom. The lowest BCUT2D eigenvalue weighted by molar-refractivity contribution is -0.372. The highest BCUT2D eigenvalue weighted by molar-refractivity contribution is 7.13. The SMILES string of the molecule is COc1ccc(Cn2cc(-c3nc(C(=O)Nc4cn(CC(O)(C(F)(F)F)C(F)(F)F)nc4-c4ccccn4)cs3)cn2)cc1. The fraction of sp³-hybridized carbons (Fsp3) is 0.222. The molecule has 0 bridgehead atoms. The number of alkyl halides is 6. The molecular formula is C27H21F6N7O3S. The Labute approximate surface area is 248 Å². The van der Waals surface area contributed by atoms with Crippen molar-refractivity contribution >= 4 is 22.9 Å². The summed E-state index contributed by atoms with van der Waals surface area (Å²) in [4.78, 5) is 21.4. The summed E-state index contributed by atoms with van der Waals surface area (Å²) in [5.41, 5.74) is -4.02. The van der Waals surface area contributed by atoms with Crippen LogP contribution in [0.5, 0.6) is 5.75 Å². The Hall–Kier alpha value is -4.77. The maximum Gasteiger partial charge on any atom is 0.428 e. The molecule has 4 heterocycles. The van der Waals surface area contributed by atoms with Crippen LogP contribution in [0, 0.1) is 0 Å². The number of nitrogens with zero attached hydrogens (tertiary/aromatic N) is 6. The minimum atomic E-state index is -6.06. The number of nitrogens with one attached hydrogen (secondary N) is 1. The Morgan fingerprint density at radius 3 is 2.39 bits per heavy atom. The van der Waals surface area contributed by atoms with Gasteiger partial charge >= 0.3 is 12.4 Å². The van der Waals surface area contributed by atoms with E-state index in [0.29, 0.717) is 22.9 Å².